The molecular formula is C25H26N2O2S. The molecule has 0 unspecified atom stereocenters. The van der Waals surface area contributed by atoms with Gasteiger partial charge in [-0.05, 0) is 54.4 Å². The van der Waals surface area contributed by atoms with Crippen LogP contribution in [0.5, 0.6) is 5.75 Å². The maximum Gasteiger partial charge on any atom is 0.261 e. The summed E-state index contributed by atoms with van der Waals surface area (Å²) in [5, 5.41) is 6.21. The van der Waals surface area contributed by atoms with Crippen molar-refractivity contribution >= 4 is 28.9 Å². The number of hydrogen-bond donors (Lipinski definition) is 2. The molecular weight excluding hydrogens is 392 g/mol. The minimum Gasteiger partial charge on any atom is -0.492 e. The van der Waals surface area contributed by atoms with E-state index in [4.69, 9.17) is 17.0 Å². The van der Waals surface area contributed by atoms with Crippen LogP contribution in [-0.2, 0) is 12.8 Å². The third-order valence-electron chi connectivity index (χ3n) is 4.83. The van der Waals surface area contributed by atoms with Gasteiger partial charge in [0.1, 0.15) is 5.75 Å². The van der Waals surface area contributed by atoms with Crippen molar-refractivity contribution in [1.82, 2.24) is 5.32 Å². The molecule has 0 spiro atoms. The molecule has 3 rings (SSSR count). The highest BCUT2D eigenvalue weighted by Crippen LogP contribution is 2.22. The van der Waals surface area contributed by atoms with Gasteiger partial charge in [0.2, 0.25) is 0 Å². The molecule has 0 aromatic heterocycles. The second kappa shape index (κ2) is 10.6. The number of benzene rings is 3. The van der Waals surface area contributed by atoms with E-state index in [2.05, 4.69) is 35.8 Å². The zero-order valence-corrected chi connectivity index (χ0v) is 18.1. The summed E-state index contributed by atoms with van der Waals surface area (Å²) in [6, 6.07) is 23.4. The number of thiocarbonyl (C=S) groups is 1. The third-order valence-corrected chi connectivity index (χ3v) is 5.03. The van der Waals surface area contributed by atoms with Crippen molar-refractivity contribution in [3.8, 4) is 5.75 Å². The SMILES string of the molecule is CCc1cccc(C)c1NC(=S)NC(=O)c1ccccc1OCCc1ccccc1. The lowest BCUT2D eigenvalue weighted by Gasteiger charge is -2.16. The molecule has 0 radical (unpaired) electrons. The van der Waals surface area contributed by atoms with Gasteiger partial charge in [-0.1, -0.05) is 67.6 Å². The van der Waals surface area contributed by atoms with Crippen LogP contribution >= 0.6 is 12.2 Å². The lowest BCUT2D eigenvalue weighted by atomic mass is 10.1. The molecule has 0 fully saturated rings. The van der Waals surface area contributed by atoms with Gasteiger partial charge in [-0.25, -0.2) is 0 Å². The van der Waals surface area contributed by atoms with Crippen LogP contribution < -0.4 is 15.4 Å². The van der Waals surface area contributed by atoms with Crippen molar-refractivity contribution in [1.29, 1.82) is 0 Å². The molecule has 30 heavy (non-hydrogen) atoms. The van der Waals surface area contributed by atoms with Crippen molar-refractivity contribution < 1.29 is 9.53 Å². The number of ether oxygens (including phenoxy) is 1. The Hall–Kier alpha value is -3.18. The standard InChI is InChI=1S/C25H26N2O2S/c1-3-20-13-9-10-18(2)23(20)26-25(30)27-24(28)21-14-7-8-15-22(21)29-17-16-19-11-5-4-6-12-19/h4-15H,3,16-17H2,1-2H3,(H2,26,27,28,30). The van der Waals surface area contributed by atoms with E-state index in [-0.39, 0.29) is 11.0 Å². The number of hydrogen-bond acceptors (Lipinski definition) is 3. The van der Waals surface area contributed by atoms with E-state index in [9.17, 15) is 4.79 Å². The molecule has 0 aliphatic heterocycles. The van der Waals surface area contributed by atoms with Crippen LogP contribution in [0, 0.1) is 6.92 Å². The average molecular weight is 419 g/mol. The fourth-order valence-electron chi connectivity index (χ4n) is 3.22. The topological polar surface area (TPSA) is 50.4 Å². The fraction of sp³-hybridized carbons (Fsp3) is 0.200. The second-order valence-electron chi connectivity index (χ2n) is 6.95. The highest BCUT2D eigenvalue weighted by Gasteiger charge is 2.15. The molecule has 0 aliphatic rings. The number of carbonyl (C=O) groups is 1. The van der Waals surface area contributed by atoms with Crippen LogP contribution in [0.15, 0.2) is 72.8 Å². The zero-order chi connectivity index (χ0) is 21.3. The Morgan fingerprint density at radius 3 is 2.47 bits per heavy atom. The largest absolute Gasteiger partial charge is 0.492 e. The monoisotopic (exact) mass is 418 g/mol. The lowest BCUT2D eigenvalue weighted by molar-refractivity contribution is 0.0974. The van der Waals surface area contributed by atoms with E-state index < -0.39 is 0 Å². The first-order valence-electron chi connectivity index (χ1n) is 10.0. The number of amides is 1. The van der Waals surface area contributed by atoms with Gasteiger partial charge in [-0.2, -0.15) is 0 Å². The van der Waals surface area contributed by atoms with Crippen LogP contribution in [-0.4, -0.2) is 17.6 Å². The first kappa shape index (κ1) is 21.5. The predicted molar refractivity (Wildman–Crippen MR) is 126 cm³/mol. The van der Waals surface area contributed by atoms with E-state index in [1.807, 2.05) is 49.4 Å². The quantitative estimate of drug-likeness (QED) is 0.511. The molecule has 4 nitrogen and oxygen atoms in total. The first-order chi connectivity index (χ1) is 14.6. The summed E-state index contributed by atoms with van der Waals surface area (Å²) < 4.78 is 5.89. The molecule has 154 valence electrons. The summed E-state index contributed by atoms with van der Waals surface area (Å²) in [4.78, 5) is 12.8. The maximum atomic E-state index is 12.8. The van der Waals surface area contributed by atoms with E-state index in [0.717, 1.165) is 29.7 Å². The van der Waals surface area contributed by atoms with Crippen LogP contribution in [0.1, 0.15) is 34.0 Å². The van der Waals surface area contributed by atoms with Crippen molar-refractivity contribution in [2.75, 3.05) is 11.9 Å². The van der Waals surface area contributed by atoms with E-state index >= 15 is 0 Å². The van der Waals surface area contributed by atoms with Gasteiger partial charge >= 0.3 is 0 Å². The van der Waals surface area contributed by atoms with Crippen LogP contribution in [0.2, 0.25) is 0 Å². The third kappa shape index (κ3) is 5.67. The summed E-state index contributed by atoms with van der Waals surface area (Å²) in [6.45, 7) is 4.59. The smallest absolute Gasteiger partial charge is 0.261 e. The number of rotatable bonds is 7. The molecule has 0 aliphatic carbocycles. The van der Waals surface area contributed by atoms with Crippen molar-refractivity contribution in [2.45, 2.75) is 26.7 Å². The van der Waals surface area contributed by atoms with Gasteiger partial charge in [-0.15, -0.1) is 0 Å². The Kier molecular flexibility index (Phi) is 7.57. The first-order valence-corrected chi connectivity index (χ1v) is 10.5. The van der Waals surface area contributed by atoms with Crippen molar-refractivity contribution in [3.63, 3.8) is 0 Å². The van der Waals surface area contributed by atoms with Crippen LogP contribution in [0.4, 0.5) is 5.69 Å². The number of anilines is 1. The molecule has 1 amide bonds. The molecule has 0 bridgehead atoms. The van der Waals surface area contributed by atoms with Crippen LogP contribution in [0.3, 0.4) is 0 Å². The van der Waals surface area contributed by atoms with Gasteiger partial charge in [0.05, 0.1) is 12.2 Å². The van der Waals surface area contributed by atoms with E-state index in [1.54, 1.807) is 12.1 Å². The maximum absolute atomic E-state index is 12.8. The Morgan fingerprint density at radius 1 is 0.967 bits per heavy atom. The molecule has 0 heterocycles. The summed E-state index contributed by atoms with van der Waals surface area (Å²) in [7, 11) is 0. The Bertz CT molecular complexity index is 1020. The Morgan fingerprint density at radius 2 is 1.70 bits per heavy atom. The molecule has 0 saturated carbocycles. The molecule has 0 atom stereocenters. The molecule has 3 aromatic carbocycles. The fourth-order valence-corrected chi connectivity index (χ4v) is 3.42. The van der Waals surface area contributed by atoms with Gasteiger partial charge in [-0.3, -0.25) is 10.1 Å². The highest BCUT2D eigenvalue weighted by molar-refractivity contribution is 7.80. The van der Waals surface area contributed by atoms with Crippen molar-refractivity contribution in [3.05, 3.63) is 95.1 Å². The minimum absolute atomic E-state index is 0.267. The van der Waals surface area contributed by atoms with Crippen molar-refractivity contribution in [2.24, 2.45) is 0 Å². The number of nitrogens with one attached hydrogen (secondary N) is 2. The van der Waals surface area contributed by atoms with E-state index in [1.165, 1.54) is 5.56 Å². The zero-order valence-electron chi connectivity index (χ0n) is 17.3. The summed E-state index contributed by atoms with van der Waals surface area (Å²) in [6.07, 6.45) is 1.64. The van der Waals surface area contributed by atoms with Gasteiger partial charge < -0.3 is 10.1 Å². The normalized spacial score (nSPS) is 10.3. The van der Waals surface area contributed by atoms with Gasteiger partial charge in [0.15, 0.2) is 5.11 Å². The highest BCUT2D eigenvalue weighted by atomic mass is 32.1. The summed E-state index contributed by atoms with van der Waals surface area (Å²) in [5.74, 6) is 0.244. The molecule has 0 saturated heterocycles. The predicted octanol–water partition coefficient (Wildman–Crippen LogP) is 5.31. The number of aryl methyl sites for hydroxylation is 2. The average Bonchev–Trinajstić information content (AvgIpc) is 2.76. The van der Waals surface area contributed by atoms with Crippen LogP contribution in [0.25, 0.3) is 0 Å². The second-order valence-corrected chi connectivity index (χ2v) is 7.36. The molecule has 3 aromatic rings. The molecule has 2 N–H and O–H groups in total. The number of para-hydroxylation sites is 2. The van der Waals surface area contributed by atoms with Gasteiger partial charge in [0, 0.05) is 12.1 Å². The Labute approximate surface area is 183 Å². The van der Waals surface area contributed by atoms with E-state index in [0.29, 0.717) is 17.9 Å². The molecule has 5 heteroatoms. The number of carbonyl (C=O) groups excluding carboxylic acids is 1. The lowest BCUT2D eigenvalue weighted by Crippen LogP contribution is -2.34. The van der Waals surface area contributed by atoms with Gasteiger partial charge in [0.25, 0.3) is 5.91 Å². The minimum atomic E-state index is -0.297. The summed E-state index contributed by atoms with van der Waals surface area (Å²) >= 11 is 5.39. The Balaban J connectivity index is 1.63. The summed E-state index contributed by atoms with van der Waals surface area (Å²) in [5.41, 5.74) is 4.81.